The maximum Gasteiger partial charge on any atom is 0.460 e. The second-order valence-electron chi connectivity index (χ2n) is 9.13. The number of nitrogens with two attached hydrogens (primary N) is 1. The molecule has 0 bridgehead atoms. The molecule has 0 radical (unpaired) electrons. The van der Waals surface area contributed by atoms with Gasteiger partial charge in [0, 0.05) is 20.6 Å². The summed E-state index contributed by atoms with van der Waals surface area (Å²) < 4.78 is 229. The van der Waals surface area contributed by atoms with Crippen molar-refractivity contribution in [2.75, 3.05) is 27.2 Å². The maximum atomic E-state index is 13.9. The minimum Gasteiger partial charge on any atom is -0.481 e. The number of carboxylic acid groups (broad SMARTS) is 1. The molecule has 7 nitrogen and oxygen atoms in total. The fourth-order valence-corrected chi connectivity index (χ4v) is 2.89. The molecule has 0 aromatic rings. The Bertz CT molecular complexity index is 1050. The van der Waals surface area contributed by atoms with Crippen molar-refractivity contribution in [1.29, 1.82) is 0 Å². The molecule has 0 aliphatic rings. The molecular formula is C20H22F17N3O4. The van der Waals surface area contributed by atoms with Crippen molar-refractivity contribution < 1.29 is 94.1 Å². The quantitative estimate of drug-likeness (QED) is 0.0711. The van der Waals surface area contributed by atoms with Gasteiger partial charge in [-0.2, -0.15) is 74.6 Å². The van der Waals surface area contributed by atoms with Gasteiger partial charge in [-0.05, 0) is 12.8 Å². The van der Waals surface area contributed by atoms with Gasteiger partial charge in [0.2, 0.25) is 0 Å². The first-order valence-electron chi connectivity index (χ1n) is 11.3. The van der Waals surface area contributed by atoms with Gasteiger partial charge in [-0.1, -0.05) is 0 Å². The van der Waals surface area contributed by atoms with E-state index >= 15 is 0 Å². The molecule has 0 aliphatic heterocycles. The second-order valence-corrected chi connectivity index (χ2v) is 9.13. The van der Waals surface area contributed by atoms with Crippen molar-refractivity contribution in [1.82, 2.24) is 4.90 Å². The summed E-state index contributed by atoms with van der Waals surface area (Å²) in [6.45, 7) is -2.25. The first kappa shape index (κ1) is 41.0. The van der Waals surface area contributed by atoms with Crippen LogP contribution in [0.2, 0.25) is 0 Å². The number of halogens is 17. The zero-order chi connectivity index (χ0) is 35.5. The van der Waals surface area contributed by atoms with Gasteiger partial charge in [-0.25, -0.2) is 0 Å². The minimum atomic E-state index is -8.75. The second kappa shape index (κ2) is 13.2. The van der Waals surface area contributed by atoms with E-state index in [1.165, 1.54) is 19.0 Å². The van der Waals surface area contributed by atoms with Crippen molar-refractivity contribution in [2.24, 2.45) is 16.6 Å². The van der Waals surface area contributed by atoms with Crippen LogP contribution in [0.5, 0.6) is 0 Å². The van der Waals surface area contributed by atoms with Crippen molar-refractivity contribution >= 4 is 17.9 Å². The lowest BCUT2D eigenvalue weighted by molar-refractivity contribution is -0.461. The van der Waals surface area contributed by atoms with Crippen LogP contribution in [0.15, 0.2) is 4.99 Å². The average Bonchev–Trinajstić information content (AvgIpc) is 2.83. The summed E-state index contributed by atoms with van der Waals surface area (Å²) >= 11 is 0. The highest BCUT2D eigenvalue weighted by molar-refractivity contribution is 5.79. The Morgan fingerprint density at radius 3 is 1.55 bits per heavy atom. The van der Waals surface area contributed by atoms with Gasteiger partial charge in [0.15, 0.2) is 5.96 Å². The van der Waals surface area contributed by atoms with Crippen LogP contribution in [-0.4, -0.2) is 103 Å². The number of carbonyl (C=O) groups excluding carboxylic acids is 1. The molecule has 44 heavy (non-hydrogen) atoms. The third-order valence-electron chi connectivity index (χ3n) is 5.67. The number of guanidine groups is 1. The summed E-state index contributed by atoms with van der Waals surface area (Å²) in [6, 6.07) is 0. The Labute approximate surface area is 235 Å². The summed E-state index contributed by atoms with van der Waals surface area (Å²) in [4.78, 5) is 28.1. The molecule has 0 unspecified atom stereocenters. The maximum absolute atomic E-state index is 13.9. The Morgan fingerprint density at radius 2 is 1.16 bits per heavy atom. The van der Waals surface area contributed by atoms with E-state index in [0.29, 0.717) is 0 Å². The first-order valence-corrected chi connectivity index (χ1v) is 11.3. The molecule has 3 N–H and O–H groups in total. The highest BCUT2D eigenvalue weighted by atomic mass is 19.4. The predicted octanol–water partition coefficient (Wildman–Crippen LogP) is 5.68. The van der Waals surface area contributed by atoms with Crippen LogP contribution in [0.4, 0.5) is 74.6 Å². The van der Waals surface area contributed by atoms with Crippen LogP contribution in [0.1, 0.15) is 25.7 Å². The van der Waals surface area contributed by atoms with E-state index in [9.17, 15) is 84.2 Å². The molecule has 24 heteroatoms. The highest BCUT2D eigenvalue weighted by Crippen LogP contribution is 2.64. The molecule has 0 spiro atoms. The fourth-order valence-electron chi connectivity index (χ4n) is 2.89. The third-order valence-corrected chi connectivity index (χ3v) is 5.67. The van der Waals surface area contributed by atoms with E-state index in [4.69, 9.17) is 10.8 Å². The van der Waals surface area contributed by atoms with Gasteiger partial charge in [0.25, 0.3) is 0 Å². The van der Waals surface area contributed by atoms with E-state index in [2.05, 4.69) is 9.73 Å². The topological polar surface area (TPSA) is 105 Å². The van der Waals surface area contributed by atoms with E-state index in [-0.39, 0.29) is 25.3 Å². The highest BCUT2D eigenvalue weighted by Gasteiger charge is 2.95. The van der Waals surface area contributed by atoms with E-state index in [1.807, 2.05) is 0 Å². The van der Waals surface area contributed by atoms with Gasteiger partial charge >= 0.3 is 59.6 Å². The van der Waals surface area contributed by atoms with Gasteiger partial charge in [0.1, 0.15) is 0 Å². The molecule has 0 aromatic carbocycles. The Kier molecular flexibility index (Phi) is 12.3. The van der Waals surface area contributed by atoms with Crippen molar-refractivity contribution in [3.05, 3.63) is 0 Å². The Morgan fingerprint density at radius 1 is 0.750 bits per heavy atom. The summed E-state index contributed by atoms with van der Waals surface area (Å²) in [5.74, 6) is -62.5. The molecule has 1 atom stereocenters. The normalized spacial score (nSPS) is 15.7. The number of rotatable bonds is 16. The lowest BCUT2D eigenvalue weighted by Gasteiger charge is -2.42. The molecule has 0 rings (SSSR count). The van der Waals surface area contributed by atoms with Gasteiger partial charge in [0.05, 0.1) is 25.4 Å². The van der Waals surface area contributed by atoms with Crippen LogP contribution in [0.25, 0.3) is 0 Å². The average molecular weight is 691 g/mol. The van der Waals surface area contributed by atoms with E-state index < -0.39 is 84.9 Å². The summed E-state index contributed by atoms with van der Waals surface area (Å²) in [6.07, 6.45) is -12.4. The lowest BCUT2D eigenvalue weighted by Crippen LogP contribution is -2.74. The van der Waals surface area contributed by atoms with E-state index in [1.54, 1.807) is 0 Å². The molecule has 0 aromatic heterocycles. The zero-order valence-electron chi connectivity index (χ0n) is 21.9. The van der Waals surface area contributed by atoms with Gasteiger partial charge in [-0.15, -0.1) is 0 Å². The van der Waals surface area contributed by atoms with Crippen LogP contribution in [0, 0.1) is 5.92 Å². The number of aliphatic imine (C=N–C) groups is 1. The number of carboxylic acids is 1. The van der Waals surface area contributed by atoms with E-state index in [0.717, 1.165) is 0 Å². The summed E-state index contributed by atoms with van der Waals surface area (Å²) in [5.41, 5.74) is 5.46. The lowest BCUT2D eigenvalue weighted by atomic mass is 9.88. The number of esters is 1. The smallest absolute Gasteiger partial charge is 0.460 e. The number of hydrogen-bond acceptors (Lipinski definition) is 4. The zero-order valence-corrected chi connectivity index (χ0v) is 21.9. The molecule has 0 fully saturated rings. The SMILES string of the molecule is CN(C)C(N)=NCCC[C@H](CC(=O)OCCC(F)(F)C(F)(F)C(F)(F)C(F)(F)C(F)(F)C(F)(F)C(F)(F)C(F)(F)F)C(=O)O. The van der Waals surface area contributed by atoms with Crippen LogP contribution in [0.3, 0.4) is 0 Å². The van der Waals surface area contributed by atoms with Crippen LogP contribution < -0.4 is 5.73 Å². The molecule has 0 heterocycles. The number of carbonyl (C=O) groups is 2. The van der Waals surface area contributed by atoms with Crippen LogP contribution in [-0.2, 0) is 14.3 Å². The standard InChI is InChI=1S/C20H22F17N3O4/c1-40(2)12(38)39-6-3-4-9(11(42)43)8-10(41)44-7-5-13(21,22)14(23,24)15(25,26)16(27,28)17(29,30)18(31,32)19(33,34)20(35,36)37/h9H,3-8H2,1-2H3,(H2,38,39)(H,42,43)/t9-/m1/s1. The Hall–Kier alpha value is -2.98. The molecular weight excluding hydrogens is 669 g/mol. The monoisotopic (exact) mass is 691 g/mol. The molecule has 0 saturated carbocycles. The number of alkyl halides is 17. The van der Waals surface area contributed by atoms with Crippen LogP contribution >= 0.6 is 0 Å². The van der Waals surface area contributed by atoms with Gasteiger partial charge < -0.3 is 20.5 Å². The number of nitrogens with zero attached hydrogens (tertiary/aromatic N) is 2. The minimum absolute atomic E-state index is 0.00836. The predicted molar refractivity (Wildman–Crippen MR) is 111 cm³/mol. The van der Waals surface area contributed by atoms with Crippen molar-refractivity contribution in [2.45, 2.75) is 73.3 Å². The third kappa shape index (κ3) is 7.62. The number of hydrogen-bond donors (Lipinski definition) is 2. The molecule has 260 valence electrons. The number of ether oxygens (including phenoxy) is 1. The fraction of sp³-hybridized carbons (Fsp3) is 0.850. The molecule has 0 amide bonds. The van der Waals surface area contributed by atoms with Gasteiger partial charge in [-0.3, -0.25) is 14.6 Å². The van der Waals surface area contributed by atoms with Crippen molar-refractivity contribution in [3.8, 4) is 0 Å². The van der Waals surface area contributed by atoms with Crippen molar-refractivity contribution in [3.63, 3.8) is 0 Å². The first-order chi connectivity index (χ1) is 19.3. The largest absolute Gasteiger partial charge is 0.481 e. The molecule has 0 saturated heterocycles. The number of aliphatic carboxylic acids is 1. The Balaban J connectivity index is 5.78. The molecule has 0 aliphatic carbocycles. The summed E-state index contributed by atoms with van der Waals surface area (Å²) in [5, 5.41) is 9.09. The summed E-state index contributed by atoms with van der Waals surface area (Å²) in [7, 11) is 2.99.